The van der Waals surface area contributed by atoms with Crippen molar-refractivity contribution >= 4 is 16.7 Å². The molecule has 0 unspecified atom stereocenters. The number of aryl methyl sites for hydroxylation is 1. The van der Waals surface area contributed by atoms with Gasteiger partial charge in [-0.2, -0.15) is 0 Å². The molecule has 1 aromatic heterocycles. The van der Waals surface area contributed by atoms with Crippen molar-refractivity contribution in [3.63, 3.8) is 0 Å². The number of rotatable bonds is 4. The van der Waals surface area contributed by atoms with Gasteiger partial charge in [-0.3, -0.25) is 0 Å². The van der Waals surface area contributed by atoms with Crippen LogP contribution in [-0.4, -0.2) is 26.3 Å². The number of methoxy groups -OCH3 is 2. The highest BCUT2D eigenvalue weighted by molar-refractivity contribution is 5.89. The molecule has 96 valence electrons. The third kappa shape index (κ3) is 2.06. The lowest BCUT2D eigenvalue weighted by Crippen LogP contribution is -1.99. The maximum Gasteiger partial charge on any atom is 0.131 e. The monoisotopic (exact) mass is 246 g/mol. The van der Waals surface area contributed by atoms with E-state index in [2.05, 4.69) is 23.3 Å². The summed E-state index contributed by atoms with van der Waals surface area (Å²) in [5.74, 6) is 2.44. The molecule has 4 heteroatoms. The van der Waals surface area contributed by atoms with E-state index in [1.165, 1.54) is 5.56 Å². The van der Waals surface area contributed by atoms with Crippen LogP contribution in [0.15, 0.2) is 18.2 Å². The van der Waals surface area contributed by atoms with Gasteiger partial charge in [0.2, 0.25) is 0 Å². The van der Waals surface area contributed by atoms with Crippen molar-refractivity contribution in [1.82, 2.24) is 4.98 Å². The molecule has 0 fully saturated rings. The van der Waals surface area contributed by atoms with Crippen molar-refractivity contribution in [3.8, 4) is 11.5 Å². The predicted octanol–water partition coefficient (Wildman–Crippen LogP) is 2.86. The second kappa shape index (κ2) is 5.12. The molecule has 0 spiro atoms. The number of ether oxygens (including phenoxy) is 2. The lowest BCUT2D eigenvalue weighted by molar-refractivity contribution is 0.398. The summed E-state index contributed by atoms with van der Waals surface area (Å²) in [6.07, 6.45) is 0.925. The third-order valence-electron chi connectivity index (χ3n) is 3.02. The van der Waals surface area contributed by atoms with E-state index in [0.29, 0.717) is 0 Å². The Hall–Kier alpha value is -1.97. The van der Waals surface area contributed by atoms with Gasteiger partial charge in [-0.15, -0.1) is 0 Å². The van der Waals surface area contributed by atoms with Gasteiger partial charge in [0.25, 0.3) is 0 Å². The van der Waals surface area contributed by atoms with Crippen molar-refractivity contribution < 1.29 is 9.47 Å². The summed E-state index contributed by atoms with van der Waals surface area (Å²) in [5, 5.41) is 4.13. The minimum atomic E-state index is 0.748. The van der Waals surface area contributed by atoms with Crippen molar-refractivity contribution in [2.24, 2.45) is 0 Å². The van der Waals surface area contributed by atoms with Crippen LogP contribution in [-0.2, 0) is 6.42 Å². The molecule has 1 heterocycles. The number of hydrogen-bond acceptors (Lipinski definition) is 4. The molecule has 0 radical (unpaired) electrons. The quantitative estimate of drug-likeness (QED) is 0.900. The molecule has 2 aromatic rings. The lowest BCUT2D eigenvalue weighted by atomic mass is 10.1. The van der Waals surface area contributed by atoms with E-state index in [4.69, 9.17) is 9.47 Å². The van der Waals surface area contributed by atoms with Crippen molar-refractivity contribution in [1.29, 1.82) is 0 Å². The number of nitrogens with zero attached hydrogens (tertiary/aromatic N) is 1. The first-order chi connectivity index (χ1) is 8.73. The SMILES string of the molecule is CCc1cc2c(OC)cc(OC)cc2nc1NC. The summed E-state index contributed by atoms with van der Waals surface area (Å²) >= 11 is 0. The molecule has 2 rings (SSSR count). The maximum atomic E-state index is 5.40. The Morgan fingerprint density at radius 1 is 1.17 bits per heavy atom. The second-order valence-electron chi connectivity index (χ2n) is 4.00. The zero-order valence-electron chi connectivity index (χ0n) is 11.2. The van der Waals surface area contributed by atoms with Gasteiger partial charge < -0.3 is 14.8 Å². The van der Waals surface area contributed by atoms with Crippen LogP contribution in [0.2, 0.25) is 0 Å². The van der Waals surface area contributed by atoms with Crippen LogP contribution in [0, 0.1) is 0 Å². The molecule has 18 heavy (non-hydrogen) atoms. The molecule has 0 aliphatic carbocycles. The Labute approximate surface area is 107 Å². The van der Waals surface area contributed by atoms with E-state index in [-0.39, 0.29) is 0 Å². The van der Waals surface area contributed by atoms with Gasteiger partial charge in [-0.1, -0.05) is 6.92 Å². The van der Waals surface area contributed by atoms with Crippen LogP contribution in [0.3, 0.4) is 0 Å². The van der Waals surface area contributed by atoms with E-state index in [0.717, 1.165) is 34.6 Å². The van der Waals surface area contributed by atoms with Gasteiger partial charge >= 0.3 is 0 Å². The Morgan fingerprint density at radius 2 is 1.94 bits per heavy atom. The predicted molar refractivity (Wildman–Crippen MR) is 73.8 cm³/mol. The molecule has 1 aromatic carbocycles. The first-order valence-corrected chi connectivity index (χ1v) is 5.96. The zero-order chi connectivity index (χ0) is 13.1. The average Bonchev–Trinajstić information content (AvgIpc) is 2.44. The average molecular weight is 246 g/mol. The molecule has 0 aliphatic heterocycles. The molecule has 0 bridgehead atoms. The van der Waals surface area contributed by atoms with E-state index in [1.807, 2.05) is 19.2 Å². The Bertz CT molecular complexity index is 567. The Kier molecular flexibility index (Phi) is 3.55. The Morgan fingerprint density at radius 3 is 2.50 bits per heavy atom. The molecular formula is C14H18N2O2. The smallest absolute Gasteiger partial charge is 0.131 e. The summed E-state index contributed by atoms with van der Waals surface area (Å²) in [6.45, 7) is 2.11. The van der Waals surface area contributed by atoms with Gasteiger partial charge in [0, 0.05) is 24.6 Å². The van der Waals surface area contributed by atoms with E-state index in [9.17, 15) is 0 Å². The fraction of sp³-hybridized carbons (Fsp3) is 0.357. The van der Waals surface area contributed by atoms with Crippen molar-refractivity contribution in [2.45, 2.75) is 13.3 Å². The van der Waals surface area contributed by atoms with Gasteiger partial charge in [-0.05, 0) is 18.1 Å². The molecule has 1 N–H and O–H groups in total. The van der Waals surface area contributed by atoms with Gasteiger partial charge in [-0.25, -0.2) is 4.98 Å². The molecule has 0 amide bonds. The molecule has 0 saturated heterocycles. The van der Waals surface area contributed by atoms with E-state index in [1.54, 1.807) is 14.2 Å². The summed E-state index contributed by atoms with van der Waals surface area (Å²) in [7, 11) is 5.18. The van der Waals surface area contributed by atoms with Crippen LogP contribution in [0.4, 0.5) is 5.82 Å². The van der Waals surface area contributed by atoms with Crippen LogP contribution in [0.25, 0.3) is 10.9 Å². The van der Waals surface area contributed by atoms with Crippen molar-refractivity contribution in [3.05, 3.63) is 23.8 Å². The molecular weight excluding hydrogens is 228 g/mol. The van der Waals surface area contributed by atoms with E-state index < -0.39 is 0 Å². The summed E-state index contributed by atoms with van der Waals surface area (Å²) < 4.78 is 10.7. The zero-order valence-corrected chi connectivity index (χ0v) is 11.2. The number of benzene rings is 1. The highest BCUT2D eigenvalue weighted by Gasteiger charge is 2.10. The second-order valence-corrected chi connectivity index (χ2v) is 4.00. The fourth-order valence-corrected chi connectivity index (χ4v) is 2.03. The number of pyridine rings is 1. The minimum Gasteiger partial charge on any atom is -0.497 e. The minimum absolute atomic E-state index is 0.748. The largest absolute Gasteiger partial charge is 0.497 e. The first-order valence-electron chi connectivity index (χ1n) is 5.96. The topological polar surface area (TPSA) is 43.4 Å². The maximum absolute atomic E-state index is 5.40. The number of nitrogens with one attached hydrogen (secondary N) is 1. The van der Waals surface area contributed by atoms with Gasteiger partial charge in [0.05, 0.1) is 19.7 Å². The van der Waals surface area contributed by atoms with Crippen LogP contribution < -0.4 is 14.8 Å². The van der Waals surface area contributed by atoms with Crippen LogP contribution >= 0.6 is 0 Å². The fourth-order valence-electron chi connectivity index (χ4n) is 2.03. The highest BCUT2D eigenvalue weighted by Crippen LogP contribution is 2.32. The highest BCUT2D eigenvalue weighted by atomic mass is 16.5. The molecule has 0 saturated carbocycles. The van der Waals surface area contributed by atoms with Gasteiger partial charge in [0.15, 0.2) is 0 Å². The molecule has 0 atom stereocenters. The first kappa shape index (κ1) is 12.5. The van der Waals surface area contributed by atoms with Gasteiger partial charge in [0.1, 0.15) is 17.3 Å². The van der Waals surface area contributed by atoms with Crippen LogP contribution in [0.5, 0.6) is 11.5 Å². The normalized spacial score (nSPS) is 10.4. The third-order valence-corrected chi connectivity index (χ3v) is 3.02. The van der Waals surface area contributed by atoms with Crippen LogP contribution in [0.1, 0.15) is 12.5 Å². The number of hydrogen-bond donors (Lipinski definition) is 1. The van der Waals surface area contributed by atoms with Crippen molar-refractivity contribution in [2.75, 3.05) is 26.6 Å². The van der Waals surface area contributed by atoms with E-state index >= 15 is 0 Å². The lowest BCUT2D eigenvalue weighted by Gasteiger charge is -2.12. The Balaban J connectivity index is 2.74. The standard InChI is InChI=1S/C14H18N2O2/c1-5-9-6-11-12(16-14(9)15-2)7-10(17-3)8-13(11)18-4/h6-8H,5H2,1-4H3,(H,15,16). The number of anilines is 1. The molecule has 0 aliphatic rings. The summed E-state index contributed by atoms with van der Waals surface area (Å²) in [4.78, 5) is 4.61. The molecule has 4 nitrogen and oxygen atoms in total. The number of aromatic nitrogens is 1. The summed E-state index contributed by atoms with van der Waals surface area (Å²) in [5.41, 5.74) is 2.04. The summed E-state index contributed by atoms with van der Waals surface area (Å²) in [6, 6.07) is 5.91. The number of fused-ring (bicyclic) bond motifs is 1.